The highest BCUT2D eigenvalue weighted by molar-refractivity contribution is 7.99. The lowest BCUT2D eigenvalue weighted by molar-refractivity contribution is -0.119. The number of hydrazine groups is 1. The Balaban J connectivity index is 1.46. The lowest BCUT2D eigenvalue weighted by atomic mass is 10.3. The predicted molar refractivity (Wildman–Crippen MR) is 90.3 cm³/mol. The van der Waals surface area contributed by atoms with Crippen molar-refractivity contribution >= 4 is 34.9 Å². The van der Waals surface area contributed by atoms with Crippen LogP contribution in [0, 0.1) is 0 Å². The van der Waals surface area contributed by atoms with Crippen LogP contribution in [0.3, 0.4) is 0 Å². The number of amides is 2. The number of aromatic amines is 1. The molecule has 0 fully saturated rings. The van der Waals surface area contributed by atoms with Gasteiger partial charge in [0.15, 0.2) is 5.82 Å². The minimum atomic E-state index is -0.349. The van der Waals surface area contributed by atoms with Crippen molar-refractivity contribution in [2.45, 2.75) is 5.16 Å². The van der Waals surface area contributed by atoms with Crippen LogP contribution in [0.1, 0.15) is 9.67 Å². The topological polar surface area (TPSA) is 113 Å². The molecule has 0 aliphatic heterocycles. The second-order valence-corrected chi connectivity index (χ2v) is 6.37. The van der Waals surface area contributed by atoms with Gasteiger partial charge in [-0.05, 0) is 23.6 Å². The van der Waals surface area contributed by atoms with Crippen molar-refractivity contribution in [1.29, 1.82) is 0 Å². The first-order valence-corrected chi connectivity index (χ1v) is 8.67. The Morgan fingerprint density at radius 2 is 2.17 bits per heavy atom. The van der Waals surface area contributed by atoms with Crippen LogP contribution in [0.15, 0.2) is 47.2 Å². The van der Waals surface area contributed by atoms with Gasteiger partial charge in [0.25, 0.3) is 5.91 Å². The average molecular weight is 360 g/mol. The molecule has 3 heterocycles. The summed E-state index contributed by atoms with van der Waals surface area (Å²) < 4.78 is 0. The number of carbonyl (C=O) groups excluding carboxylic acids is 2. The van der Waals surface area contributed by atoms with E-state index in [1.54, 1.807) is 36.0 Å². The Morgan fingerprint density at radius 3 is 2.92 bits per heavy atom. The first-order chi connectivity index (χ1) is 11.7. The molecule has 0 radical (unpaired) electrons. The molecule has 0 saturated carbocycles. The lowest BCUT2D eigenvalue weighted by Crippen LogP contribution is -2.42. The van der Waals surface area contributed by atoms with E-state index in [9.17, 15) is 9.59 Å². The molecule has 3 aromatic rings. The van der Waals surface area contributed by atoms with Crippen LogP contribution in [0.25, 0.3) is 11.4 Å². The van der Waals surface area contributed by atoms with Crippen molar-refractivity contribution in [3.63, 3.8) is 0 Å². The fourth-order valence-electron chi connectivity index (χ4n) is 1.70. The van der Waals surface area contributed by atoms with Gasteiger partial charge in [0.1, 0.15) is 0 Å². The van der Waals surface area contributed by atoms with E-state index >= 15 is 0 Å². The molecule has 0 aliphatic carbocycles. The summed E-state index contributed by atoms with van der Waals surface area (Å²) in [5.74, 6) is -0.0375. The molecule has 24 heavy (non-hydrogen) atoms. The molecule has 8 nitrogen and oxygen atoms in total. The molecule has 122 valence electrons. The van der Waals surface area contributed by atoms with Crippen LogP contribution in [-0.4, -0.2) is 37.7 Å². The molecule has 3 N–H and O–H groups in total. The molecule has 0 atom stereocenters. The van der Waals surface area contributed by atoms with Gasteiger partial charge in [-0.15, -0.1) is 16.4 Å². The Bertz CT molecular complexity index is 819. The number of nitrogens with zero attached hydrogens (tertiary/aromatic N) is 3. The van der Waals surface area contributed by atoms with Gasteiger partial charge in [0.2, 0.25) is 11.1 Å². The lowest BCUT2D eigenvalue weighted by Gasteiger charge is -2.04. The molecular formula is C14H12N6O2S2. The number of carbonyl (C=O) groups is 2. The summed E-state index contributed by atoms with van der Waals surface area (Å²) in [7, 11) is 0. The maximum atomic E-state index is 11.7. The number of hydrogen-bond acceptors (Lipinski definition) is 7. The number of nitrogens with one attached hydrogen (secondary N) is 3. The summed E-state index contributed by atoms with van der Waals surface area (Å²) >= 11 is 2.45. The molecule has 0 spiro atoms. The summed E-state index contributed by atoms with van der Waals surface area (Å²) in [6.45, 7) is 0. The maximum Gasteiger partial charge on any atom is 0.279 e. The van der Waals surface area contributed by atoms with Crippen LogP contribution in [0.5, 0.6) is 0 Å². The number of thiophene rings is 1. The third kappa shape index (κ3) is 4.18. The van der Waals surface area contributed by atoms with Crippen LogP contribution >= 0.6 is 23.1 Å². The van der Waals surface area contributed by atoms with Gasteiger partial charge in [-0.2, -0.15) is 0 Å². The van der Waals surface area contributed by atoms with E-state index in [-0.39, 0.29) is 17.6 Å². The zero-order chi connectivity index (χ0) is 16.8. The van der Waals surface area contributed by atoms with E-state index in [0.29, 0.717) is 15.9 Å². The molecule has 10 heteroatoms. The number of pyridine rings is 1. The molecule has 0 aliphatic rings. The smallest absolute Gasteiger partial charge is 0.272 e. The number of rotatable bonds is 5. The minimum absolute atomic E-state index is 0.0784. The highest BCUT2D eigenvalue weighted by Crippen LogP contribution is 2.17. The highest BCUT2D eigenvalue weighted by atomic mass is 32.2. The summed E-state index contributed by atoms with van der Waals surface area (Å²) in [6, 6.07) is 7.10. The normalized spacial score (nSPS) is 10.3. The van der Waals surface area contributed by atoms with E-state index in [1.165, 1.54) is 11.3 Å². The van der Waals surface area contributed by atoms with Gasteiger partial charge in [0.05, 0.1) is 10.6 Å². The number of hydrogen-bond donors (Lipinski definition) is 3. The largest absolute Gasteiger partial charge is 0.279 e. The van der Waals surface area contributed by atoms with Crippen molar-refractivity contribution in [2.24, 2.45) is 0 Å². The van der Waals surface area contributed by atoms with Crippen molar-refractivity contribution in [3.05, 3.63) is 46.9 Å². The molecule has 0 saturated heterocycles. The summed E-state index contributed by atoms with van der Waals surface area (Å²) in [5.41, 5.74) is 5.51. The van der Waals surface area contributed by atoms with Gasteiger partial charge in [-0.3, -0.25) is 30.5 Å². The Morgan fingerprint density at radius 1 is 1.25 bits per heavy atom. The molecule has 0 unspecified atom stereocenters. The van der Waals surface area contributed by atoms with Crippen LogP contribution < -0.4 is 10.9 Å². The Hall–Kier alpha value is -2.72. The van der Waals surface area contributed by atoms with Gasteiger partial charge in [0, 0.05) is 18.0 Å². The summed E-state index contributed by atoms with van der Waals surface area (Å²) in [5, 5.41) is 9.05. The Labute approximate surface area is 145 Å². The highest BCUT2D eigenvalue weighted by Gasteiger charge is 2.11. The van der Waals surface area contributed by atoms with Crippen LogP contribution in [-0.2, 0) is 4.79 Å². The maximum absolute atomic E-state index is 11.7. The monoisotopic (exact) mass is 360 g/mol. The zero-order valence-corrected chi connectivity index (χ0v) is 13.9. The van der Waals surface area contributed by atoms with Crippen molar-refractivity contribution in [1.82, 2.24) is 31.0 Å². The van der Waals surface area contributed by atoms with E-state index in [1.807, 2.05) is 6.07 Å². The predicted octanol–water partition coefficient (Wildman–Crippen LogP) is 1.48. The van der Waals surface area contributed by atoms with E-state index in [0.717, 1.165) is 17.3 Å². The molecule has 3 rings (SSSR count). The fourth-order valence-corrected chi connectivity index (χ4v) is 2.92. The molecular weight excluding hydrogens is 348 g/mol. The first-order valence-electron chi connectivity index (χ1n) is 6.80. The van der Waals surface area contributed by atoms with Gasteiger partial charge >= 0.3 is 0 Å². The van der Waals surface area contributed by atoms with Crippen LogP contribution in [0.2, 0.25) is 0 Å². The molecule has 0 aromatic carbocycles. The second-order valence-electron chi connectivity index (χ2n) is 4.48. The van der Waals surface area contributed by atoms with E-state index < -0.39 is 0 Å². The van der Waals surface area contributed by atoms with Crippen LogP contribution in [0.4, 0.5) is 0 Å². The van der Waals surface area contributed by atoms with E-state index in [4.69, 9.17) is 0 Å². The van der Waals surface area contributed by atoms with Gasteiger partial charge in [-0.25, -0.2) is 4.98 Å². The standard InChI is InChI=1S/C14H12N6O2S2/c21-11(17-19-13(22)10-4-2-6-23-10)8-24-14-16-12(18-20-14)9-3-1-5-15-7-9/h1-7H,8H2,(H,17,21)(H,19,22)(H,16,18,20). The summed E-state index contributed by atoms with van der Waals surface area (Å²) in [6.07, 6.45) is 3.34. The number of H-pyrrole nitrogens is 1. The molecule has 0 bridgehead atoms. The number of aromatic nitrogens is 4. The zero-order valence-electron chi connectivity index (χ0n) is 12.2. The molecule has 3 aromatic heterocycles. The SMILES string of the molecule is O=C(CSc1n[nH]c(-c2cccnc2)n1)NNC(=O)c1cccs1. The molecule has 2 amide bonds. The average Bonchev–Trinajstić information content (AvgIpc) is 3.30. The number of thioether (sulfide) groups is 1. The quantitative estimate of drug-likeness (QED) is 0.469. The van der Waals surface area contributed by atoms with Crippen molar-refractivity contribution < 1.29 is 9.59 Å². The van der Waals surface area contributed by atoms with Gasteiger partial charge < -0.3 is 0 Å². The van der Waals surface area contributed by atoms with Gasteiger partial charge in [-0.1, -0.05) is 17.8 Å². The summed E-state index contributed by atoms with van der Waals surface area (Å²) in [4.78, 5) is 32.2. The third-order valence-corrected chi connectivity index (χ3v) is 4.51. The third-order valence-electron chi connectivity index (χ3n) is 2.79. The second kappa shape index (κ2) is 7.70. The fraction of sp³-hybridized carbons (Fsp3) is 0.0714. The van der Waals surface area contributed by atoms with E-state index in [2.05, 4.69) is 31.0 Å². The van der Waals surface area contributed by atoms with Crippen molar-refractivity contribution in [2.75, 3.05) is 5.75 Å². The minimum Gasteiger partial charge on any atom is -0.272 e. The Kier molecular flexibility index (Phi) is 5.18. The first kappa shape index (κ1) is 16.1. The van der Waals surface area contributed by atoms with Crippen molar-refractivity contribution in [3.8, 4) is 11.4 Å².